The molecule has 1 atom stereocenters. The number of ether oxygens (including phenoxy) is 1. The van der Waals surface area contributed by atoms with Gasteiger partial charge in [-0.15, -0.1) is 0 Å². The zero-order chi connectivity index (χ0) is 14.5. The minimum atomic E-state index is 0.257. The third kappa shape index (κ3) is 3.34. The van der Waals surface area contributed by atoms with Crippen LogP contribution >= 0.6 is 0 Å². The van der Waals surface area contributed by atoms with Gasteiger partial charge in [0, 0.05) is 5.39 Å². The van der Waals surface area contributed by atoms with E-state index in [0.717, 1.165) is 42.1 Å². The molecule has 0 spiro atoms. The molecule has 3 heteroatoms. The summed E-state index contributed by atoms with van der Waals surface area (Å²) in [6, 6.07) is 8.41. The van der Waals surface area contributed by atoms with Gasteiger partial charge in [-0.25, -0.2) is 0 Å². The van der Waals surface area contributed by atoms with Gasteiger partial charge in [-0.3, -0.25) is 0 Å². The molecule has 1 unspecified atom stereocenters. The van der Waals surface area contributed by atoms with Gasteiger partial charge < -0.3 is 14.5 Å². The van der Waals surface area contributed by atoms with Gasteiger partial charge in [0.2, 0.25) is 0 Å². The number of hydrogen-bond acceptors (Lipinski definition) is 3. The van der Waals surface area contributed by atoms with Crippen LogP contribution < -0.4 is 10.1 Å². The van der Waals surface area contributed by atoms with E-state index in [2.05, 4.69) is 45.1 Å². The lowest BCUT2D eigenvalue weighted by atomic mass is 10.0. The van der Waals surface area contributed by atoms with Crippen molar-refractivity contribution in [3.8, 4) is 5.75 Å². The maximum absolute atomic E-state index is 5.99. The molecule has 1 heterocycles. The Morgan fingerprint density at radius 3 is 2.65 bits per heavy atom. The first-order valence-electron chi connectivity index (χ1n) is 7.55. The van der Waals surface area contributed by atoms with Crippen LogP contribution in [0.1, 0.15) is 45.9 Å². The summed E-state index contributed by atoms with van der Waals surface area (Å²) in [4.78, 5) is 0. The van der Waals surface area contributed by atoms with Crippen LogP contribution in [0.5, 0.6) is 5.75 Å². The second-order valence-corrected chi connectivity index (χ2v) is 5.48. The van der Waals surface area contributed by atoms with Crippen molar-refractivity contribution in [2.75, 3.05) is 13.2 Å². The lowest BCUT2D eigenvalue weighted by Gasteiger charge is -2.18. The first-order chi connectivity index (χ1) is 9.65. The first-order valence-corrected chi connectivity index (χ1v) is 7.55. The third-order valence-electron chi connectivity index (χ3n) is 3.38. The van der Waals surface area contributed by atoms with E-state index < -0.39 is 0 Å². The average molecular weight is 275 g/mol. The van der Waals surface area contributed by atoms with Crippen LogP contribution in [0.3, 0.4) is 0 Å². The summed E-state index contributed by atoms with van der Waals surface area (Å²) in [5.74, 6) is 2.41. The third-order valence-corrected chi connectivity index (χ3v) is 3.38. The van der Waals surface area contributed by atoms with E-state index in [1.165, 1.54) is 0 Å². The Kier molecular flexibility index (Phi) is 5.07. The molecule has 0 aliphatic carbocycles. The molecule has 0 fully saturated rings. The van der Waals surface area contributed by atoms with Gasteiger partial charge in [0.25, 0.3) is 0 Å². The molecule has 20 heavy (non-hydrogen) atoms. The predicted molar refractivity (Wildman–Crippen MR) is 83.3 cm³/mol. The van der Waals surface area contributed by atoms with E-state index in [1.54, 1.807) is 0 Å². The van der Waals surface area contributed by atoms with Gasteiger partial charge in [-0.05, 0) is 43.1 Å². The Morgan fingerprint density at radius 1 is 1.20 bits per heavy atom. The van der Waals surface area contributed by atoms with E-state index in [1.807, 2.05) is 12.1 Å². The van der Waals surface area contributed by atoms with Gasteiger partial charge in [0.1, 0.15) is 17.1 Å². The molecule has 0 radical (unpaired) electrons. The number of hydrogen-bond donors (Lipinski definition) is 1. The second kappa shape index (κ2) is 6.80. The van der Waals surface area contributed by atoms with E-state index in [0.29, 0.717) is 5.92 Å². The number of nitrogens with one attached hydrogen (secondary N) is 1. The lowest BCUT2D eigenvalue weighted by Crippen LogP contribution is -2.24. The van der Waals surface area contributed by atoms with E-state index in [9.17, 15) is 0 Å². The summed E-state index contributed by atoms with van der Waals surface area (Å²) in [6.07, 6.45) is 1.02. The van der Waals surface area contributed by atoms with Crippen molar-refractivity contribution in [2.45, 2.75) is 40.2 Å². The van der Waals surface area contributed by atoms with Crippen LogP contribution in [0.25, 0.3) is 11.0 Å². The number of furan rings is 1. The molecular formula is C17H25NO2. The number of benzene rings is 1. The molecule has 110 valence electrons. The average Bonchev–Trinajstić information content (AvgIpc) is 2.84. The second-order valence-electron chi connectivity index (χ2n) is 5.48. The standard InChI is InChI=1S/C17H25NO2/c1-5-9-19-14-7-8-15-13(10-14)11-16(20-15)17(12(3)4)18-6-2/h7-8,10-12,17-18H,5-6,9H2,1-4H3. The van der Waals surface area contributed by atoms with Crippen LogP contribution in [0.2, 0.25) is 0 Å². The number of rotatable bonds is 7. The highest BCUT2D eigenvalue weighted by molar-refractivity contribution is 5.79. The summed E-state index contributed by atoms with van der Waals surface area (Å²) in [6.45, 7) is 10.3. The molecule has 0 amide bonds. The van der Waals surface area contributed by atoms with Crippen molar-refractivity contribution in [3.05, 3.63) is 30.0 Å². The van der Waals surface area contributed by atoms with Gasteiger partial charge in [-0.2, -0.15) is 0 Å². The molecular weight excluding hydrogens is 250 g/mol. The normalized spacial score (nSPS) is 13.1. The predicted octanol–water partition coefficient (Wildman–Crippen LogP) is 4.53. The monoisotopic (exact) mass is 275 g/mol. The van der Waals surface area contributed by atoms with E-state index >= 15 is 0 Å². The molecule has 1 aromatic carbocycles. The summed E-state index contributed by atoms with van der Waals surface area (Å²) in [7, 11) is 0. The van der Waals surface area contributed by atoms with Crippen molar-refractivity contribution >= 4 is 11.0 Å². The molecule has 1 aromatic heterocycles. The SMILES string of the molecule is CCCOc1ccc2oc(C(NCC)C(C)C)cc2c1. The summed E-state index contributed by atoms with van der Waals surface area (Å²) < 4.78 is 11.7. The maximum Gasteiger partial charge on any atom is 0.134 e. The van der Waals surface area contributed by atoms with Gasteiger partial charge in [-0.1, -0.05) is 27.7 Å². The Bertz CT molecular complexity index is 545. The minimum Gasteiger partial charge on any atom is -0.494 e. The van der Waals surface area contributed by atoms with Crippen LogP contribution in [0.4, 0.5) is 0 Å². The van der Waals surface area contributed by atoms with Gasteiger partial charge >= 0.3 is 0 Å². The fourth-order valence-corrected chi connectivity index (χ4v) is 2.39. The topological polar surface area (TPSA) is 34.4 Å². The maximum atomic E-state index is 5.99. The Hall–Kier alpha value is -1.48. The zero-order valence-corrected chi connectivity index (χ0v) is 12.9. The fourth-order valence-electron chi connectivity index (χ4n) is 2.39. The highest BCUT2D eigenvalue weighted by Crippen LogP contribution is 2.30. The Labute approximate surface area is 121 Å². The smallest absolute Gasteiger partial charge is 0.134 e. The molecule has 0 aliphatic rings. The Balaban J connectivity index is 2.27. The lowest BCUT2D eigenvalue weighted by molar-refractivity contribution is 0.318. The zero-order valence-electron chi connectivity index (χ0n) is 12.9. The molecule has 0 saturated heterocycles. The molecule has 0 saturated carbocycles. The van der Waals surface area contributed by atoms with Crippen LogP contribution in [0.15, 0.2) is 28.7 Å². The minimum absolute atomic E-state index is 0.257. The van der Waals surface area contributed by atoms with Gasteiger partial charge in [0.05, 0.1) is 12.6 Å². The van der Waals surface area contributed by atoms with Crippen molar-refractivity contribution in [3.63, 3.8) is 0 Å². The van der Waals surface area contributed by atoms with Crippen LogP contribution in [-0.2, 0) is 0 Å². The van der Waals surface area contributed by atoms with Crippen molar-refractivity contribution < 1.29 is 9.15 Å². The largest absolute Gasteiger partial charge is 0.494 e. The van der Waals surface area contributed by atoms with Gasteiger partial charge in [0.15, 0.2) is 0 Å². The van der Waals surface area contributed by atoms with Crippen molar-refractivity contribution in [2.24, 2.45) is 5.92 Å². The molecule has 1 N–H and O–H groups in total. The first kappa shape index (κ1) is 14.9. The fraction of sp³-hybridized carbons (Fsp3) is 0.529. The quantitative estimate of drug-likeness (QED) is 0.806. The van der Waals surface area contributed by atoms with Crippen LogP contribution in [0, 0.1) is 5.92 Å². The Morgan fingerprint density at radius 2 is 2.00 bits per heavy atom. The highest BCUT2D eigenvalue weighted by Gasteiger charge is 2.19. The van der Waals surface area contributed by atoms with E-state index in [-0.39, 0.29) is 6.04 Å². The van der Waals surface area contributed by atoms with Crippen LogP contribution in [-0.4, -0.2) is 13.2 Å². The summed E-state index contributed by atoms with van der Waals surface area (Å²) >= 11 is 0. The molecule has 2 rings (SSSR count). The molecule has 0 bridgehead atoms. The van der Waals surface area contributed by atoms with Crippen molar-refractivity contribution in [1.82, 2.24) is 5.32 Å². The summed E-state index contributed by atoms with van der Waals surface area (Å²) in [5, 5.41) is 4.59. The van der Waals surface area contributed by atoms with E-state index in [4.69, 9.17) is 9.15 Å². The highest BCUT2D eigenvalue weighted by atomic mass is 16.5. The molecule has 2 aromatic rings. The molecule has 3 nitrogen and oxygen atoms in total. The van der Waals surface area contributed by atoms with Crippen molar-refractivity contribution in [1.29, 1.82) is 0 Å². The summed E-state index contributed by atoms with van der Waals surface area (Å²) in [5.41, 5.74) is 0.924. The molecule has 0 aliphatic heterocycles. The number of fused-ring (bicyclic) bond motifs is 1.